The number of aliphatic hydroxyl groups is 16. The molecule has 0 aromatic carbocycles. The SMILES string of the molecule is CO[C@H]1O[C@H](CO)[C@@H](O[C@H]2O[C@H](CO[C@H]3O[C@H](CO)[C@@H](O[C@H]4O[C@H](CO)[C@@H](O)[C@H](O)[C@H]4O)[C@H](O)[C@H]3O)[C@@H](O[C@H]3O[C@H](CO)[C@@H](O)[C@H](O)[C@H]3O)[C@H](O)[C@H]2O)[C@H](O)[C@H]1O. The molecule has 0 spiro atoms. The lowest BCUT2D eigenvalue weighted by atomic mass is 9.95. The molecule has 5 saturated heterocycles. The van der Waals surface area contributed by atoms with Crippen LogP contribution in [0.3, 0.4) is 0 Å². The second-order valence-electron chi connectivity index (χ2n) is 14.2. The molecule has 0 amide bonds. The highest BCUT2D eigenvalue weighted by Crippen LogP contribution is 2.34. The fraction of sp³-hybridized carbons (Fsp3) is 1.00. The van der Waals surface area contributed by atoms with Gasteiger partial charge < -0.3 is 129 Å². The zero-order valence-electron chi connectivity index (χ0n) is 30.2. The molecule has 0 unspecified atom stereocenters. The number of ether oxygens (including phenoxy) is 10. The number of hydrogen-bond acceptors (Lipinski definition) is 26. The van der Waals surface area contributed by atoms with Gasteiger partial charge in [-0.2, -0.15) is 0 Å². The van der Waals surface area contributed by atoms with Crippen LogP contribution in [0.1, 0.15) is 0 Å². The summed E-state index contributed by atoms with van der Waals surface area (Å²) in [6, 6.07) is 0. The smallest absolute Gasteiger partial charge is 0.187 e. The number of aliphatic hydroxyl groups excluding tert-OH is 16. The molecule has 25 atom stereocenters. The van der Waals surface area contributed by atoms with Gasteiger partial charge in [0, 0.05) is 7.11 Å². The zero-order valence-corrected chi connectivity index (χ0v) is 30.2. The third-order valence-electron chi connectivity index (χ3n) is 10.5. The van der Waals surface area contributed by atoms with Gasteiger partial charge in [0.1, 0.15) is 122 Å². The lowest BCUT2D eigenvalue weighted by Gasteiger charge is -2.48. The van der Waals surface area contributed by atoms with Crippen molar-refractivity contribution >= 4 is 0 Å². The van der Waals surface area contributed by atoms with E-state index in [-0.39, 0.29) is 0 Å². The second kappa shape index (κ2) is 20.2. The Morgan fingerprint density at radius 3 is 1.02 bits per heavy atom. The number of hydrogen-bond donors (Lipinski definition) is 16. The van der Waals surface area contributed by atoms with E-state index in [0.29, 0.717) is 0 Å². The summed E-state index contributed by atoms with van der Waals surface area (Å²) in [6.45, 7) is -4.26. The molecule has 5 heterocycles. The van der Waals surface area contributed by atoms with Crippen molar-refractivity contribution in [1.29, 1.82) is 0 Å². The highest BCUT2D eigenvalue weighted by Gasteiger charge is 2.55. The Morgan fingerprint density at radius 2 is 0.632 bits per heavy atom. The minimum atomic E-state index is -2.10. The molecule has 26 heteroatoms. The van der Waals surface area contributed by atoms with E-state index in [1.54, 1.807) is 0 Å². The van der Waals surface area contributed by atoms with Crippen molar-refractivity contribution in [1.82, 2.24) is 0 Å². The van der Waals surface area contributed by atoms with Gasteiger partial charge >= 0.3 is 0 Å². The minimum absolute atomic E-state index is 0.804. The van der Waals surface area contributed by atoms with Crippen LogP contribution < -0.4 is 0 Å². The maximum Gasteiger partial charge on any atom is 0.187 e. The first kappa shape index (κ1) is 47.0. The van der Waals surface area contributed by atoms with Crippen LogP contribution in [0.4, 0.5) is 0 Å². The molecule has 5 aliphatic rings. The third kappa shape index (κ3) is 9.72. The third-order valence-corrected chi connectivity index (χ3v) is 10.5. The van der Waals surface area contributed by atoms with E-state index in [0.717, 1.165) is 7.11 Å². The van der Waals surface area contributed by atoms with Crippen LogP contribution >= 0.6 is 0 Å². The van der Waals surface area contributed by atoms with Gasteiger partial charge in [0.25, 0.3) is 0 Å². The summed E-state index contributed by atoms with van der Waals surface area (Å²) in [5, 5.41) is 167. The normalized spacial score (nSPS) is 52.5. The first-order chi connectivity index (χ1) is 27.0. The molecule has 0 aromatic rings. The Morgan fingerprint density at radius 1 is 0.333 bits per heavy atom. The molecule has 0 aromatic heterocycles. The molecule has 5 aliphatic heterocycles. The number of methoxy groups -OCH3 is 1. The van der Waals surface area contributed by atoms with Crippen molar-refractivity contribution in [2.24, 2.45) is 0 Å². The topological polar surface area (TPSA) is 416 Å². The summed E-state index contributed by atoms with van der Waals surface area (Å²) in [5.74, 6) is 0. The fourth-order valence-corrected chi connectivity index (χ4v) is 7.11. The summed E-state index contributed by atoms with van der Waals surface area (Å²) in [6.07, 6.45) is -44.8. The maximum atomic E-state index is 11.3. The van der Waals surface area contributed by atoms with Gasteiger partial charge in [-0.15, -0.1) is 0 Å². The van der Waals surface area contributed by atoms with Crippen LogP contribution in [-0.4, -0.2) is 275 Å². The standard InChI is InChI=1S/C31H54O26/c1-48-27-21(45)16(40)24(9(4-34)52-27)56-31-23(47)18(42)26(57-30-20(44)15(39)13(37)8(3-33)51-30)11(54-31)6-49-28-22(46)17(41)25(10(5-35)53-28)55-29-19(43)14(38)12(36)7(2-32)50-29/h7-47H,2-6H2,1H3/t7-,8-,9-,10-,11-,12-,13-,14+,15+,16-,17-,18-,19-,20-,21-,22-,23-,24-,25-,26-,27+,28+,29-,30-,31-/m1/s1. The second-order valence-corrected chi connectivity index (χ2v) is 14.2. The van der Waals surface area contributed by atoms with Gasteiger partial charge in [-0.1, -0.05) is 0 Å². The Balaban J connectivity index is 1.34. The maximum absolute atomic E-state index is 11.3. The highest BCUT2D eigenvalue weighted by molar-refractivity contribution is 4.98. The Labute approximate surface area is 323 Å². The predicted octanol–water partition coefficient (Wildman–Crippen LogP) is -11.3. The van der Waals surface area contributed by atoms with Crippen LogP contribution in [0.2, 0.25) is 0 Å². The van der Waals surface area contributed by atoms with E-state index in [4.69, 9.17) is 47.4 Å². The van der Waals surface area contributed by atoms with E-state index in [1.807, 2.05) is 0 Å². The van der Waals surface area contributed by atoms with Crippen LogP contribution in [0.15, 0.2) is 0 Å². The summed E-state index contributed by atoms with van der Waals surface area (Å²) < 4.78 is 55.1. The Hall–Kier alpha value is -1.04. The zero-order chi connectivity index (χ0) is 42.0. The Kier molecular flexibility index (Phi) is 16.7. The quantitative estimate of drug-likeness (QED) is 0.0772. The van der Waals surface area contributed by atoms with Crippen molar-refractivity contribution in [2.45, 2.75) is 154 Å². The lowest BCUT2D eigenvalue weighted by molar-refractivity contribution is -0.386. The first-order valence-corrected chi connectivity index (χ1v) is 18.0. The average molecular weight is 843 g/mol. The van der Waals surface area contributed by atoms with Crippen LogP contribution in [0.25, 0.3) is 0 Å². The highest BCUT2D eigenvalue weighted by atomic mass is 16.8. The van der Waals surface area contributed by atoms with Crippen LogP contribution in [0.5, 0.6) is 0 Å². The summed E-state index contributed by atoms with van der Waals surface area (Å²) in [4.78, 5) is 0. The van der Waals surface area contributed by atoms with Gasteiger partial charge in [-0.3, -0.25) is 0 Å². The first-order valence-electron chi connectivity index (χ1n) is 18.0. The lowest BCUT2D eigenvalue weighted by Crippen LogP contribution is -2.67. The molecule has 0 aliphatic carbocycles. The van der Waals surface area contributed by atoms with Gasteiger partial charge in [0.2, 0.25) is 0 Å². The molecule has 0 saturated carbocycles. The fourth-order valence-electron chi connectivity index (χ4n) is 7.11. The average Bonchev–Trinajstić information content (AvgIpc) is 3.20. The molecule has 26 nitrogen and oxygen atoms in total. The summed E-state index contributed by atoms with van der Waals surface area (Å²) >= 11 is 0. The molecule has 16 N–H and O–H groups in total. The molecule has 0 bridgehead atoms. The summed E-state index contributed by atoms with van der Waals surface area (Å²) in [5.41, 5.74) is 0. The monoisotopic (exact) mass is 842 g/mol. The van der Waals surface area contributed by atoms with Crippen molar-refractivity contribution in [3.05, 3.63) is 0 Å². The van der Waals surface area contributed by atoms with Gasteiger partial charge in [-0.05, 0) is 0 Å². The summed E-state index contributed by atoms with van der Waals surface area (Å²) in [7, 11) is 1.16. The number of rotatable bonds is 14. The molecular weight excluding hydrogens is 788 g/mol. The molecular formula is C31H54O26. The predicted molar refractivity (Wildman–Crippen MR) is 171 cm³/mol. The van der Waals surface area contributed by atoms with E-state index in [1.165, 1.54) is 0 Å². The van der Waals surface area contributed by atoms with Gasteiger partial charge in [0.05, 0.1) is 33.0 Å². The van der Waals surface area contributed by atoms with Crippen LogP contribution in [-0.2, 0) is 47.4 Å². The van der Waals surface area contributed by atoms with E-state index >= 15 is 0 Å². The van der Waals surface area contributed by atoms with Crippen LogP contribution in [0, 0.1) is 0 Å². The van der Waals surface area contributed by atoms with E-state index in [9.17, 15) is 81.7 Å². The van der Waals surface area contributed by atoms with Crippen molar-refractivity contribution in [2.75, 3.05) is 40.1 Å². The van der Waals surface area contributed by atoms with E-state index in [2.05, 4.69) is 0 Å². The Bertz CT molecular complexity index is 1220. The van der Waals surface area contributed by atoms with Gasteiger partial charge in [-0.25, -0.2) is 0 Å². The largest absolute Gasteiger partial charge is 0.394 e. The van der Waals surface area contributed by atoms with Crippen molar-refractivity contribution in [3.8, 4) is 0 Å². The van der Waals surface area contributed by atoms with Gasteiger partial charge in [0.15, 0.2) is 31.5 Å². The molecule has 5 rings (SSSR count). The molecule has 0 radical (unpaired) electrons. The molecule has 334 valence electrons. The molecule has 5 fully saturated rings. The minimum Gasteiger partial charge on any atom is -0.394 e. The van der Waals surface area contributed by atoms with E-state index < -0.39 is 187 Å². The van der Waals surface area contributed by atoms with Crippen molar-refractivity contribution < 1.29 is 129 Å². The van der Waals surface area contributed by atoms with Crippen molar-refractivity contribution in [3.63, 3.8) is 0 Å². The molecule has 57 heavy (non-hydrogen) atoms.